The number of Topliss-reactive ketones (excluding diaryl/α,β-unsaturated/α-hetero) is 1. The van der Waals surface area contributed by atoms with E-state index >= 15 is 0 Å². The zero-order valence-electron chi connectivity index (χ0n) is 31.6. The van der Waals surface area contributed by atoms with Crippen molar-refractivity contribution in [2.24, 2.45) is 16.5 Å². The molecule has 5 rings (SSSR count). The van der Waals surface area contributed by atoms with Crippen molar-refractivity contribution in [1.29, 1.82) is 0 Å². The Morgan fingerprint density at radius 2 is 1.77 bits per heavy atom. The van der Waals surface area contributed by atoms with Crippen molar-refractivity contribution in [3.8, 4) is 5.75 Å². The highest BCUT2D eigenvalue weighted by molar-refractivity contribution is 6.38. The van der Waals surface area contributed by atoms with Gasteiger partial charge in [-0.2, -0.15) is 0 Å². The van der Waals surface area contributed by atoms with Crippen molar-refractivity contribution in [2.75, 3.05) is 13.2 Å². The second-order valence-electron chi connectivity index (χ2n) is 16.2. The second-order valence-corrected chi connectivity index (χ2v) is 16.7. The van der Waals surface area contributed by atoms with Crippen LogP contribution in [0, 0.1) is 18.3 Å². The number of rotatable bonds is 14. The van der Waals surface area contributed by atoms with Crippen molar-refractivity contribution in [1.82, 2.24) is 20.9 Å². The van der Waals surface area contributed by atoms with E-state index in [1.54, 1.807) is 6.07 Å². The number of aryl methyl sites for hydroxylation is 1. The summed E-state index contributed by atoms with van der Waals surface area (Å²) in [6, 6.07) is 0.651. The average Bonchev–Trinajstić information content (AvgIpc) is 3.68. The van der Waals surface area contributed by atoms with Gasteiger partial charge in [-0.25, -0.2) is 0 Å². The molecule has 4 atom stereocenters. The van der Waals surface area contributed by atoms with Gasteiger partial charge in [-0.15, -0.1) is 0 Å². The number of hydrogen-bond acceptors (Lipinski definition) is 8. The van der Waals surface area contributed by atoms with E-state index in [4.69, 9.17) is 21.2 Å². The number of likely N-dealkylation sites (tertiary alicyclic amines) is 1. The fourth-order valence-corrected chi connectivity index (χ4v) is 7.99. The van der Waals surface area contributed by atoms with Crippen LogP contribution in [0.25, 0.3) is 0 Å². The van der Waals surface area contributed by atoms with Crippen LogP contribution in [-0.4, -0.2) is 82.9 Å². The SMILES string of the molecule is CCC[C@H](NC(=O)[C@@H]1C[C@]2(CC(c3cc(C)c(OCC)c(Cl)c3)=NO2)CN1C(=O)[C@@H](NC(=O)CC1CCCCC1)C(C)(C)C)C(=O)C(=O)NC1CC1. The van der Waals surface area contributed by atoms with Gasteiger partial charge >= 0.3 is 0 Å². The molecular formula is C39H56ClN5O7. The van der Waals surface area contributed by atoms with Gasteiger partial charge in [0.05, 0.1) is 29.9 Å². The maximum atomic E-state index is 14.7. The number of carbonyl (C=O) groups excluding carboxylic acids is 5. The van der Waals surface area contributed by atoms with Gasteiger partial charge in [0.25, 0.3) is 5.91 Å². The number of oxime groups is 1. The summed E-state index contributed by atoms with van der Waals surface area (Å²) < 4.78 is 5.71. The minimum absolute atomic E-state index is 0.0114. The maximum Gasteiger partial charge on any atom is 0.289 e. The summed E-state index contributed by atoms with van der Waals surface area (Å²) >= 11 is 6.59. The summed E-state index contributed by atoms with van der Waals surface area (Å²) in [7, 11) is 0. The Morgan fingerprint density at radius 1 is 1.06 bits per heavy atom. The standard InChI is InChI=1S/C39H56ClN5O7/c1-7-12-28(32(47)36(49)41-26-15-16-26)42-35(48)30-21-39(20-29(44-52-39)25-17-23(3)33(51-8-2)27(40)19-25)22-45(30)37(50)34(38(4,5)6)43-31(46)18-24-13-10-9-11-14-24/h17,19,24,26,28,30,34H,7-16,18,20-22H2,1-6H3,(H,41,49)(H,42,48)(H,43,46)/t28-,30-,34+,39+/m0/s1. The molecule has 0 radical (unpaired) electrons. The molecule has 52 heavy (non-hydrogen) atoms. The fraction of sp³-hybridized carbons (Fsp3) is 0.692. The number of nitrogens with zero attached hydrogens (tertiary/aromatic N) is 2. The van der Waals surface area contributed by atoms with Gasteiger partial charge in [0.1, 0.15) is 17.8 Å². The van der Waals surface area contributed by atoms with Crippen LogP contribution in [0.2, 0.25) is 5.02 Å². The van der Waals surface area contributed by atoms with E-state index in [0.717, 1.165) is 49.7 Å². The molecule has 0 bridgehead atoms. The first-order chi connectivity index (χ1) is 24.6. The summed E-state index contributed by atoms with van der Waals surface area (Å²) in [4.78, 5) is 75.9. The molecule has 13 heteroatoms. The smallest absolute Gasteiger partial charge is 0.289 e. The number of carbonyl (C=O) groups is 5. The zero-order valence-corrected chi connectivity index (χ0v) is 32.3. The van der Waals surface area contributed by atoms with Crippen molar-refractivity contribution in [2.45, 2.75) is 148 Å². The third-order valence-electron chi connectivity index (χ3n) is 10.6. The Morgan fingerprint density at radius 3 is 2.38 bits per heavy atom. The molecule has 1 aromatic rings. The third kappa shape index (κ3) is 9.46. The highest BCUT2D eigenvalue weighted by Crippen LogP contribution is 2.41. The first-order valence-electron chi connectivity index (χ1n) is 19.1. The van der Waals surface area contributed by atoms with Crippen LogP contribution in [-0.2, 0) is 28.8 Å². The van der Waals surface area contributed by atoms with E-state index < -0.39 is 52.6 Å². The minimum Gasteiger partial charge on any atom is -0.492 e. The van der Waals surface area contributed by atoms with Crippen LogP contribution in [0.3, 0.4) is 0 Å². The molecule has 2 aliphatic heterocycles. The van der Waals surface area contributed by atoms with Gasteiger partial charge in [-0.05, 0) is 75.0 Å². The number of ketones is 1. The van der Waals surface area contributed by atoms with Gasteiger partial charge in [0.2, 0.25) is 23.5 Å². The lowest BCUT2D eigenvalue weighted by molar-refractivity contribution is -0.145. The first-order valence-corrected chi connectivity index (χ1v) is 19.5. The summed E-state index contributed by atoms with van der Waals surface area (Å²) in [5.74, 6) is -1.70. The summed E-state index contributed by atoms with van der Waals surface area (Å²) in [5.41, 5.74) is 0.459. The Bertz CT molecular complexity index is 1540. The quantitative estimate of drug-likeness (QED) is 0.223. The molecule has 3 N–H and O–H groups in total. The van der Waals surface area contributed by atoms with Crippen LogP contribution in [0.15, 0.2) is 17.3 Å². The van der Waals surface area contributed by atoms with Crippen molar-refractivity contribution in [3.63, 3.8) is 0 Å². The monoisotopic (exact) mass is 741 g/mol. The van der Waals surface area contributed by atoms with E-state index in [-0.39, 0.29) is 37.3 Å². The van der Waals surface area contributed by atoms with Gasteiger partial charge in [-0.1, -0.05) is 70.1 Å². The number of benzene rings is 1. The molecule has 2 saturated carbocycles. The highest BCUT2D eigenvalue weighted by atomic mass is 35.5. The molecule has 2 aliphatic carbocycles. The number of ether oxygens (including phenoxy) is 1. The lowest BCUT2D eigenvalue weighted by atomic mass is 9.84. The zero-order chi connectivity index (χ0) is 37.8. The molecule has 2 heterocycles. The number of hydrogen-bond donors (Lipinski definition) is 3. The predicted molar refractivity (Wildman–Crippen MR) is 198 cm³/mol. The van der Waals surface area contributed by atoms with Crippen LogP contribution in [0.4, 0.5) is 0 Å². The number of amides is 4. The second kappa shape index (κ2) is 16.6. The maximum absolute atomic E-state index is 14.7. The van der Waals surface area contributed by atoms with Gasteiger partial charge < -0.3 is 30.4 Å². The number of halogens is 1. The predicted octanol–water partition coefficient (Wildman–Crippen LogP) is 5.15. The van der Waals surface area contributed by atoms with E-state index in [2.05, 4.69) is 21.1 Å². The van der Waals surface area contributed by atoms with Crippen LogP contribution < -0.4 is 20.7 Å². The Hall–Kier alpha value is -3.67. The molecule has 12 nitrogen and oxygen atoms in total. The van der Waals surface area contributed by atoms with Crippen LogP contribution >= 0.6 is 11.6 Å². The topological polar surface area (TPSA) is 156 Å². The lowest BCUT2D eigenvalue weighted by Crippen LogP contribution is -2.59. The van der Waals surface area contributed by atoms with Crippen LogP contribution in [0.5, 0.6) is 5.75 Å². The molecule has 0 unspecified atom stereocenters. The summed E-state index contributed by atoms with van der Waals surface area (Å²) in [6.45, 7) is 11.8. The highest BCUT2D eigenvalue weighted by Gasteiger charge is 2.56. The first kappa shape index (κ1) is 39.5. The van der Waals surface area contributed by atoms with Crippen molar-refractivity contribution in [3.05, 3.63) is 28.3 Å². The molecule has 286 valence electrons. The molecule has 3 fully saturated rings. The van der Waals surface area contributed by atoms with Crippen molar-refractivity contribution >= 4 is 46.7 Å². The van der Waals surface area contributed by atoms with E-state index in [1.807, 2.05) is 47.6 Å². The minimum atomic E-state index is -1.05. The Balaban J connectivity index is 1.40. The normalized spacial score (nSPS) is 23.0. The Labute approximate surface area is 312 Å². The molecule has 1 spiro atoms. The van der Waals surface area contributed by atoms with E-state index in [0.29, 0.717) is 42.4 Å². The molecule has 1 aromatic carbocycles. The van der Waals surface area contributed by atoms with Gasteiger partial charge in [-0.3, -0.25) is 24.0 Å². The Kier molecular flexibility index (Phi) is 12.6. The fourth-order valence-electron chi connectivity index (χ4n) is 7.66. The summed E-state index contributed by atoms with van der Waals surface area (Å²) in [6.07, 6.45) is 8.55. The largest absolute Gasteiger partial charge is 0.492 e. The lowest BCUT2D eigenvalue weighted by Gasteiger charge is -2.36. The average molecular weight is 742 g/mol. The summed E-state index contributed by atoms with van der Waals surface area (Å²) in [5, 5.41) is 13.5. The van der Waals surface area contributed by atoms with Gasteiger partial charge in [0.15, 0.2) is 5.60 Å². The third-order valence-corrected chi connectivity index (χ3v) is 10.9. The van der Waals surface area contributed by atoms with Crippen molar-refractivity contribution < 1.29 is 33.5 Å². The van der Waals surface area contributed by atoms with E-state index in [1.165, 1.54) is 11.3 Å². The molecule has 4 aliphatic rings. The number of nitrogens with one attached hydrogen (secondary N) is 3. The molecular weight excluding hydrogens is 686 g/mol. The van der Waals surface area contributed by atoms with E-state index in [9.17, 15) is 24.0 Å². The molecule has 4 amide bonds. The van der Waals surface area contributed by atoms with Gasteiger partial charge in [0, 0.05) is 30.9 Å². The molecule has 0 aromatic heterocycles. The van der Waals surface area contributed by atoms with Crippen LogP contribution in [0.1, 0.15) is 123 Å². The molecule has 1 saturated heterocycles.